The van der Waals surface area contributed by atoms with Crippen molar-refractivity contribution in [2.24, 2.45) is 0 Å². The number of carbonyl (C=O) groups is 1. The van der Waals surface area contributed by atoms with Crippen molar-refractivity contribution in [1.29, 1.82) is 0 Å². The highest BCUT2D eigenvalue weighted by Gasteiger charge is 2.24. The molecule has 0 saturated heterocycles. The molecular weight excluding hydrogens is 376 g/mol. The van der Waals surface area contributed by atoms with E-state index < -0.39 is 23.2 Å². The summed E-state index contributed by atoms with van der Waals surface area (Å²) < 4.78 is 10.7. The van der Waals surface area contributed by atoms with Gasteiger partial charge in [-0.3, -0.25) is 9.78 Å². The molecule has 1 aromatic heterocycles. The molecule has 0 radical (unpaired) electrons. The van der Waals surface area contributed by atoms with E-state index >= 15 is 0 Å². The molecule has 1 aliphatic rings. The van der Waals surface area contributed by atoms with Gasteiger partial charge in [0.05, 0.1) is 5.56 Å². The van der Waals surface area contributed by atoms with E-state index in [-0.39, 0.29) is 25.4 Å². The minimum atomic E-state index is -0.736. The molecule has 2 heterocycles. The predicted octanol–water partition coefficient (Wildman–Crippen LogP) is 2.77. The Labute approximate surface area is 166 Å². The lowest BCUT2D eigenvalue weighted by Gasteiger charge is -2.24. The first kappa shape index (κ1) is 18.4. The van der Waals surface area contributed by atoms with Crippen LogP contribution in [0, 0.1) is 0 Å². The van der Waals surface area contributed by atoms with E-state index in [9.17, 15) is 20.1 Å². The molecule has 29 heavy (non-hydrogen) atoms. The van der Waals surface area contributed by atoms with Gasteiger partial charge in [-0.15, -0.1) is 0 Å². The van der Waals surface area contributed by atoms with Gasteiger partial charge in [0.15, 0.2) is 23.0 Å². The number of phenolic OH excluding ortho intramolecular Hbond substituents is 3. The number of nitrogens with zero attached hydrogens (tertiary/aromatic N) is 2. The van der Waals surface area contributed by atoms with Gasteiger partial charge in [-0.05, 0) is 41.5 Å². The smallest absolute Gasteiger partial charge is 0.258 e. The third kappa shape index (κ3) is 3.73. The van der Waals surface area contributed by atoms with Crippen LogP contribution in [-0.4, -0.2) is 37.9 Å². The lowest BCUT2D eigenvalue weighted by molar-refractivity contribution is 0.0726. The molecule has 1 aliphatic heterocycles. The van der Waals surface area contributed by atoms with Crippen LogP contribution >= 0.6 is 0 Å². The number of ether oxygens (including phenoxy) is 2. The largest absolute Gasteiger partial charge is 0.504 e. The SMILES string of the molecule is O=C(c1ccc(O)c(O)c1O)N(Cc1cccnc1)Cc1ccc2c(c1)OCO2. The Balaban J connectivity index is 1.66. The van der Waals surface area contributed by atoms with Crippen LogP contribution in [0.3, 0.4) is 0 Å². The van der Waals surface area contributed by atoms with Crippen molar-refractivity contribution in [3.63, 3.8) is 0 Å². The van der Waals surface area contributed by atoms with Gasteiger partial charge in [-0.1, -0.05) is 12.1 Å². The molecule has 0 bridgehead atoms. The zero-order chi connectivity index (χ0) is 20.4. The Morgan fingerprint density at radius 2 is 1.76 bits per heavy atom. The van der Waals surface area contributed by atoms with E-state index in [4.69, 9.17) is 9.47 Å². The number of amides is 1. The normalized spacial score (nSPS) is 12.0. The second-order valence-electron chi connectivity index (χ2n) is 6.54. The summed E-state index contributed by atoms with van der Waals surface area (Å²) in [4.78, 5) is 18.7. The van der Waals surface area contributed by atoms with Gasteiger partial charge in [-0.25, -0.2) is 0 Å². The van der Waals surface area contributed by atoms with Crippen LogP contribution in [0.2, 0.25) is 0 Å². The predicted molar refractivity (Wildman–Crippen MR) is 102 cm³/mol. The van der Waals surface area contributed by atoms with Crippen molar-refractivity contribution in [2.45, 2.75) is 13.1 Å². The standard InChI is InChI=1S/C21H18N2O6/c24-16-5-4-15(19(25)20(16)26)21(27)23(11-14-2-1-7-22-9-14)10-13-3-6-17-18(8-13)29-12-28-17/h1-9,24-26H,10-12H2. The molecule has 0 fully saturated rings. The lowest BCUT2D eigenvalue weighted by Crippen LogP contribution is -2.30. The number of aromatic nitrogens is 1. The van der Waals surface area contributed by atoms with E-state index in [2.05, 4.69) is 4.98 Å². The Morgan fingerprint density at radius 1 is 0.966 bits per heavy atom. The first-order valence-electron chi connectivity index (χ1n) is 8.83. The number of aromatic hydroxyl groups is 3. The molecule has 3 aromatic rings. The fourth-order valence-corrected chi connectivity index (χ4v) is 3.08. The minimum absolute atomic E-state index is 0.120. The third-order valence-electron chi connectivity index (χ3n) is 4.55. The summed E-state index contributed by atoms with van der Waals surface area (Å²) in [6.07, 6.45) is 3.28. The molecule has 8 heteroatoms. The molecule has 0 saturated carbocycles. The number of carbonyl (C=O) groups excluding carboxylic acids is 1. The number of benzene rings is 2. The van der Waals surface area contributed by atoms with Crippen molar-refractivity contribution < 1.29 is 29.6 Å². The number of rotatable bonds is 5. The number of pyridine rings is 1. The highest BCUT2D eigenvalue weighted by atomic mass is 16.7. The van der Waals surface area contributed by atoms with Gasteiger partial charge in [0.1, 0.15) is 0 Å². The molecule has 0 aliphatic carbocycles. The Bertz CT molecular complexity index is 1050. The van der Waals surface area contributed by atoms with Gasteiger partial charge < -0.3 is 29.7 Å². The van der Waals surface area contributed by atoms with Crippen LogP contribution in [0.5, 0.6) is 28.7 Å². The van der Waals surface area contributed by atoms with Crippen LogP contribution in [0.25, 0.3) is 0 Å². The zero-order valence-corrected chi connectivity index (χ0v) is 15.3. The monoisotopic (exact) mass is 394 g/mol. The summed E-state index contributed by atoms with van der Waals surface area (Å²) >= 11 is 0. The van der Waals surface area contributed by atoms with E-state index in [0.29, 0.717) is 11.5 Å². The van der Waals surface area contributed by atoms with Gasteiger partial charge >= 0.3 is 0 Å². The summed E-state index contributed by atoms with van der Waals surface area (Å²) in [5.74, 6) is -1.19. The maximum absolute atomic E-state index is 13.2. The van der Waals surface area contributed by atoms with Gasteiger partial charge in [0, 0.05) is 25.5 Å². The summed E-state index contributed by atoms with van der Waals surface area (Å²) in [6, 6.07) is 11.4. The molecule has 148 valence electrons. The first-order valence-corrected chi connectivity index (χ1v) is 8.83. The lowest BCUT2D eigenvalue weighted by atomic mass is 10.1. The van der Waals surface area contributed by atoms with Crippen LogP contribution in [0.4, 0.5) is 0 Å². The Morgan fingerprint density at radius 3 is 2.55 bits per heavy atom. The zero-order valence-electron chi connectivity index (χ0n) is 15.3. The molecule has 1 amide bonds. The van der Waals surface area contributed by atoms with Crippen molar-refractivity contribution >= 4 is 5.91 Å². The number of fused-ring (bicyclic) bond motifs is 1. The molecule has 3 N–H and O–H groups in total. The maximum atomic E-state index is 13.2. The van der Waals surface area contributed by atoms with Gasteiger partial charge in [-0.2, -0.15) is 0 Å². The van der Waals surface area contributed by atoms with E-state index in [1.54, 1.807) is 30.6 Å². The molecular formula is C21H18N2O6. The summed E-state index contributed by atoms with van der Waals surface area (Å²) in [5.41, 5.74) is 1.47. The third-order valence-corrected chi connectivity index (χ3v) is 4.55. The highest BCUT2D eigenvalue weighted by molar-refractivity contribution is 5.98. The summed E-state index contributed by atoms with van der Waals surface area (Å²) in [6.45, 7) is 0.589. The molecule has 0 atom stereocenters. The molecule has 0 spiro atoms. The topological polar surface area (TPSA) is 112 Å². The minimum Gasteiger partial charge on any atom is -0.504 e. The highest BCUT2D eigenvalue weighted by Crippen LogP contribution is 2.38. The van der Waals surface area contributed by atoms with E-state index in [0.717, 1.165) is 17.2 Å². The fraction of sp³-hybridized carbons (Fsp3) is 0.143. The van der Waals surface area contributed by atoms with Gasteiger partial charge in [0.2, 0.25) is 12.5 Å². The van der Waals surface area contributed by atoms with Crippen LogP contribution in [-0.2, 0) is 13.1 Å². The molecule has 8 nitrogen and oxygen atoms in total. The maximum Gasteiger partial charge on any atom is 0.258 e. The number of phenols is 3. The van der Waals surface area contributed by atoms with Gasteiger partial charge in [0.25, 0.3) is 5.91 Å². The number of hydrogen-bond donors (Lipinski definition) is 3. The van der Waals surface area contributed by atoms with Crippen molar-refractivity contribution in [1.82, 2.24) is 9.88 Å². The summed E-state index contributed by atoms with van der Waals surface area (Å²) in [7, 11) is 0. The van der Waals surface area contributed by atoms with Crippen LogP contribution < -0.4 is 9.47 Å². The van der Waals surface area contributed by atoms with Crippen molar-refractivity contribution in [3.8, 4) is 28.7 Å². The summed E-state index contributed by atoms with van der Waals surface area (Å²) in [5, 5.41) is 29.5. The Hall–Kier alpha value is -3.94. The Kier molecular flexibility index (Phi) is 4.82. The van der Waals surface area contributed by atoms with Crippen molar-refractivity contribution in [2.75, 3.05) is 6.79 Å². The van der Waals surface area contributed by atoms with E-state index in [1.807, 2.05) is 12.1 Å². The van der Waals surface area contributed by atoms with Crippen molar-refractivity contribution in [3.05, 3.63) is 71.5 Å². The fourth-order valence-electron chi connectivity index (χ4n) is 3.08. The molecule has 0 unspecified atom stereocenters. The van der Waals surface area contributed by atoms with Crippen LogP contribution in [0.15, 0.2) is 54.9 Å². The second kappa shape index (κ2) is 7.59. The average molecular weight is 394 g/mol. The first-order chi connectivity index (χ1) is 14.0. The molecule has 2 aromatic carbocycles. The second-order valence-corrected chi connectivity index (χ2v) is 6.54. The van der Waals surface area contributed by atoms with E-state index in [1.165, 1.54) is 11.0 Å². The average Bonchev–Trinajstić information content (AvgIpc) is 3.20. The number of hydrogen-bond acceptors (Lipinski definition) is 7. The quantitative estimate of drug-likeness (QED) is 0.571. The van der Waals surface area contributed by atoms with Crippen LogP contribution in [0.1, 0.15) is 21.5 Å². The molecule has 4 rings (SSSR count).